The summed E-state index contributed by atoms with van der Waals surface area (Å²) in [4.78, 5) is 11.3. The predicted octanol–water partition coefficient (Wildman–Crippen LogP) is 4.04. The van der Waals surface area contributed by atoms with Gasteiger partial charge in [-0.05, 0) is 44.9 Å². The summed E-state index contributed by atoms with van der Waals surface area (Å²) < 4.78 is 10.6. The molecule has 0 heterocycles. The summed E-state index contributed by atoms with van der Waals surface area (Å²) in [5.41, 5.74) is 0. The van der Waals surface area contributed by atoms with E-state index in [0.717, 1.165) is 58.2 Å². The third-order valence-electron chi connectivity index (χ3n) is 2.68. The van der Waals surface area contributed by atoms with Gasteiger partial charge in [0.05, 0.1) is 6.61 Å². The average Bonchev–Trinajstić information content (AvgIpc) is 2.41. The van der Waals surface area contributed by atoms with Crippen molar-refractivity contribution in [1.29, 1.82) is 0 Å². The third-order valence-corrected chi connectivity index (χ3v) is 2.68. The van der Waals surface area contributed by atoms with E-state index in [9.17, 15) is 4.79 Å². The van der Waals surface area contributed by atoms with Gasteiger partial charge in [-0.3, -0.25) is 4.79 Å². The molecule has 0 spiro atoms. The maximum absolute atomic E-state index is 11.3. The van der Waals surface area contributed by atoms with Crippen molar-refractivity contribution in [3.05, 3.63) is 25.3 Å². The van der Waals surface area contributed by atoms with Crippen LogP contribution in [0.25, 0.3) is 0 Å². The molecule has 0 saturated heterocycles. The zero-order valence-electron chi connectivity index (χ0n) is 12.1. The first-order valence-corrected chi connectivity index (χ1v) is 7.26. The van der Waals surface area contributed by atoms with Gasteiger partial charge in [-0.1, -0.05) is 12.2 Å². The first-order valence-electron chi connectivity index (χ1n) is 7.26. The van der Waals surface area contributed by atoms with E-state index in [1.807, 2.05) is 12.2 Å². The average molecular weight is 268 g/mol. The molecule has 0 fully saturated rings. The summed E-state index contributed by atoms with van der Waals surface area (Å²) in [6, 6.07) is 0. The lowest BCUT2D eigenvalue weighted by Crippen LogP contribution is -2.06. The molecule has 0 atom stereocenters. The monoisotopic (exact) mass is 268 g/mol. The lowest BCUT2D eigenvalue weighted by atomic mass is 10.2. The topological polar surface area (TPSA) is 35.5 Å². The fraction of sp³-hybridized carbons (Fsp3) is 0.688. The Balaban J connectivity index is 3.11. The Morgan fingerprint density at radius 3 is 2.11 bits per heavy atom. The zero-order valence-corrected chi connectivity index (χ0v) is 12.1. The van der Waals surface area contributed by atoms with E-state index >= 15 is 0 Å². The van der Waals surface area contributed by atoms with Gasteiger partial charge in [-0.15, -0.1) is 13.2 Å². The van der Waals surface area contributed by atoms with Gasteiger partial charge in [-0.2, -0.15) is 0 Å². The summed E-state index contributed by atoms with van der Waals surface area (Å²) in [6.45, 7) is 9.37. The van der Waals surface area contributed by atoms with E-state index in [4.69, 9.17) is 9.47 Å². The number of hydrogen-bond acceptors (Lipinski definition) is 3. The number of hydrogen-bond donors (Lipinski definition) is 0. The summed E-state index contributed by atoms with van der Waals surface area (Å²) in [6.07, 6.45) is 11.1. The molecule has 3 nitrogen and oxygen atoms in total. The molecule has 0 aromatic carbocycles. The number of carbonyl (C=O) groups is 1. The highest BCUT2D eigenvalue weighted by Gasteiger charge is 2.01. The van der Waals surface area contributed by atoms with Crippen molar-refractivity contribution in [2.45, 2.75) is 51.4 Å². The van der Waals surface area contributed by atoms with Crippen LogP contribution >= 0.6 is 0 Å². The highest BCUT2D eigenvalue weighted by molar-refractivity contribution is 5.69. The van der Waals surface area contributed by atoms with Crippen molar-refractivity contribution >= 4 is 5.97 Å². The van der Waals surface area contributed by atoms with Crippen molar-refractivity contribution in [3.8, 4) is 0 Å². The van der Waals surface area contributed by atoms with Gasteiger partial charge in [0.15, 0.2) is 0 Å². The quantitative estimate of drug-likeness (QED) is 0.271. The summed E-state index contributed by atoms with van der Waals surface area (Å²) in [7, 11) is 0. The highest BCUT2D eigenvalue weighted by atomic mass is 16.5. The molecular formula is C16H28O3. The Hall–Kier alpha value is -1.09. The fourth-order valence-corrected chi connectivity index (χ4v) is 1.55. The fourth-order valence-electron chi connectivity index (χ4n) is 1.55. The van der Waals surface area contributed by atoms with Crippen LogP contribution in [0.1, 0.15) is 51.4 Å². The molecule has 0 unspecified atom stereocenters. The number of carbonyl (C=O) groups excluding carboxylic acids is 1. The Morgan fingerprint density at radius 1 is 0.842 bits per heavy atom. The highest BCUT2D eigenvalue weighted by Crippen LogP contribution is 2.00. The van der Waals surface area contributed by atoms with Crippen molar-refractivity contribution in [3.63, 3.8) is 0 Å². The number of ether oxygens (including phenoxy) is 2. The smallest absolute Gasteiger partial charge is 0.305 e. The zero-order chi connectivity index (χ0) is 14.2. The lowest BCUT2D eigenvalue weighted by Gasteiger charge is -2.05. The van der Waals surface area contributed by atoms with Gasteiger partial charge in [0.1, 0.15) is 0 Å². The van der Waals surface area contributed by atoms with Crippen LogP contribution in [0.15, 0.2) is 25.3 Å². The minimum absolute atomic E-state index is 0.104. The number of esters is 1. The molecule has 0 bridgehead atoms. The van der Waals surface area contributed by atoms with Crippen LogP contribution in [0.5, 0.6) is 0 Å². The molecule has 0 radical (unpaired) electrons. The SMILES string of the molecule is C=CCCCCOCCCCOC(=O)CCCC=C. The second-order valence-corrected chi connectivity index (χ2v) is 4.51. The van der Waals surface area contributed by atoms with Crippen LogP contribution in [0.4, 0.5) is 0 Å². The van der Waals surface area contributed by atoms with Crippen LogP contribution in [-0.4, -0.2) is 25.8 Å². The van der Waals surface area contributed by atoms with Gasteiger partial charge in [0.25, 0.3) is 0 Å². The molecule has 0 aromatic heterocycles. The molecule has 0 aromatic rings. The standard InChI is InChI=1S/C16H28O3/c1-3-5-7-9-13-18-14-10-11-15-19-16(17)12-8-6-4-2/h3-4H,1-2,5-15H2. The molecule has 110 valence electrons. The Morgan fingerprint density at radius 2 is 1.42 bits per heavy atom. The van der Waals surface area contributed by atoms with Crippen molar-refractivity contribution in [1.82, 2.24) is 0 Å². The molecule has 0 saturated carbocycles. The molecule has 0 aliphatic carbocycles. The maximum Gasteiger partial charge on any atom is 0.305 e. The minimum Gasteiger partial charge on any atom is -0.466 e. The largest absolute Gasteiger partial charge is 0.466 e. The van der Waals surface area contributed by atoms with Gasteiger partial charge in [0, 0.05) is 19.6 Å². The number of rotatable bonds is 14. The molecule has 0 amide bonds. The lowest BCUT2D eigenvalue weighted by molar-refractivity contribution is -0.143. The van der Waals surface area contributed by atoms with E-state index < -0.39 is 0 Å². The summed E-state index contributed by atoms with van der Waals surface area (Å²) in [5, 5.41) is 0. The molecule has 0 aliphatic rings. The van der Waals surface area contributed by atoms with E-state index in [0.29, 0.717) is 13.0 Å². The maximum atomic E-state index is 11.3. The van der Waals surface area contributed by atoms with E-state index in [-0.39, 0.29) is 5.97 Å². The molecule has 0 N–H and O–H groups in total. The molecule has 0 rings (SSSR count). The molecule has 3 heteroatoms. The van der Waals surface area contributed by atoms with Crippen molar-refractivity contribution in [2.75, 3.05) is 19.8 Å². The second kappa shape index (κ2) is 15.0. The van der Waals surface area contributed by atoms with E-state index in [1.165, 1.54) is 0 Å². The first-order chi connectivity index (χ1) is 9.31. The molecule has 19 heavy (non-hydrogen) atoms. The minimum atomic E-state index is -0.104. The van der Waals surface area contributed by atoms with E-state index in [2.05, 4.69) is 13.2 Å². The van der Waals surface area contributed by atoms with Crippen molar-refractivity contribution in [2.24, 2.45) is 0 Å². The first kappa shape index (κ1) is 17.9. The molecular weight excluding hydrogens is 240 g/mol. The van der Waals surface area contributed by atoms with Crippen LogP contribution in [-0.2, 0) is 14.3 Å². The Labute approximate surface area is 117 Å². The Kier molecular flexibility index (Phi) is 14.1. The van der Waals surface area contributed by atoms with Gasteiger partial charge >= 0.3 is 5.97 Å². The van der Waals surface area contributed by atoms with Crippen LogP contribution < -0.4 is 0 Å². The van der Waals surface area contributed by atoms with Gasteiger partial charge < -0.3 is 9.47 Å². The van der Waals surface area contributed by atoms with Crippen LogP contribution in [0.2, 0.25) is 0 Å². The summed E-state index contributed by atoms with van der Waals surface area (Å²) >= 11 is 0. The number of unbranched alkanes of at least 4 members (excludes halogenated alkanes) is 4. The summed E-state index contributed by atoms with van der Waals surface area (Å²) in [5.74, 6) is -0.104. The number of allylic oxidation sites excluding steroid dienone is 2. The molecule has 0 aliphatic heterocycles. The third kappa shape index (κ3) is 14.9. The second-order valence-electron chi connectivity index (χ2n) is 4.51. The van der Waals surface area contributed by atoms with Gasteiger partial charge in [-0.25, -0.2) is 0 Å². The van der Waals surface area contributed by atoms with Crippen molar-refractivity contribution < 1.29 is 14.3 Å². The van der Waals surface area contributed by atoms with E-state index in [1.54, 1.807) is 0 Å². The normalized spacial score (nSPS) is 10.1. The van der Waals surface area contributed by atoms with Crippen LogP contribution in [0.3, 0.4) is 0 Å². The predicted molar refractivity (Wildman–Crippen MR) is 79.1 cm³/mol. The van der Waals surface area contributed by atoms with Gasteiger partial charge in [0.2, 0.25) is 0 Å². The van der Waals surface area contributed by atoms with Crippen LogP contribution in [0, 0.1) is 0 Å². The Bertz CT molecular complexity index is 236.